The number of anilines is 1. The van der Waals surface area contributed by atoms with Gasteiger partial charge in [-0.15, -0.1) is 0 Å². The number of amides is 1. The van der Waals surface area contributed by atoms with Crippen molar-refractivity contribution in [2.24, 2.45) is 0 Å². The van der Waals surface area contributed by atoms with E-state index in [-0.39, 0.29) is 37.3 Å². The van der Waals surface area contributed by atoms with Gasteiger partial charge in [-0.3, -0.25) is 14.5 Å². The molecule has 1 aromatic heterocycles. The first-order valence-corrected chi connectivity index (χ1v) is 11.5. The first-order chi connectivity index (χ1) is 17.0. The SMILES string of the molecule is C[C@@H]1CN(C/C=C/C(=O)NCOc2ccc3ncnc(N[C@H](C)c4ccccc4)c3c2)CC(=O)O1. The third-order valence-electron chi connectivity index (χ3n) is 5.58. The lowest BCUT2D eigenvalue weighted by Crippen LogP contribution is -2.44. The summed E-state index contributed by atoms with van der Waals surface area (Å²) in [5.41, 5.74) is 1.94. The number of benzene rings is 2. The average Bonchev–Trinajstić information content (AvgIpc) is 2.84. The van der Waals surface area contributed by atoms with Gasteiger partial charge in [0.15, 0.2) is 6.73 Å². The van der Waals surface area contributed by atoms with Gasteiger partial charge in [0.05, 0.1) is 12.1 Å². The van der Waals surface area contributed by atoms with Gasteiger partial charge in [-0.25, -0.2) is 9.97 Å². The number of cyclic esters (lactones) is 1. The lowest BCUT2D eigenvalue weighted by Gasteiger charge is -2.29. The first-order valence-electron chi connectivity index (χ1n) is 11.5. The van der Waals surface area contributed by atoms with Gasteiger partial charge in [-0.05, 0) is 37.6 Å². The predicted octanol–water partition coefficient (Wildman–Crippen LogP) is 3.06. The minimum absolute atomic E-state index is 0.0125. The molecule has 2 aromatic carbocycles. The highest BCUT2D eigenvalue weighted by atomic mass is 16.5. The number of carbonyl (C=O) groups excluding carboxylic acids is 2. The normalized spacial score (nSPS) is 17.2. The second kappa shape index (κ2) is 11.4. The molecule has 182 valence electrons. The zero-order valence-corrected chi connectivity index (χ0v) is 19.8. The molecule has 2 heterocycles. The van der Waals surface area contributed by atoms with Crippen molar-refractivity contribution < 1.29 is 19.1 Å². The van der Waals surface area contributed by atoms with Crippen LogP contribution in [0, 0.1) is 0 Å². The number of hydrogen-bond acceptors (Lipinski definition) is 8. The van der Waals surface area contributed by atoms with E-state index in [9.17, 15) is 9.59 Å². The third kappa shape index (κ3) is 6.77. The van der Waals surface area contributed by atoms with E-state index < -0.39 is 0 Å². The Balaban J connectivity index is 1.31. The molecule has 2 atom stereocenters. The van der Waals surface area contributed by atoms with E-state index in [0.29, 0.717) is 24.7 Å². The van der Waals surface area contributed by atoms with E-state index in [1.807, 2.05) is 42.2 Å². The van der Waals surface area contributed by atoms with Crippen molar-refractivity contribution in [1.82, 2.24) is 20.2 Å². The minimum Gasteiger partial charge on any atom is -0.473 e. The largest absolute Gasteiger partial charge is 0.473 e. The molecule has 1 aliphatic heterocycles. The van der Waals surface area contributed by atoms with Crippen LogP contribution in [0.2, 0.25) is 0 Å². The highest BCUT2D eigenvalue weighted by Gasteiger charge is 2.22. The molecule has 35 heavy (non-hydrogen) atoms. The Bertz CT molecular complexity index is 1200. The van der Waals surface area contributed by atoms with Crippen molar-refractivity contribution in [3.63, 3.8) is 0 Å². The maximum Gasteiger partial charge on any atom is 0.320 e. The molecule has 1 saturated heterocycles. The van der Waals surface area contributed by atoms with E-state index in [0.717, 1.165) is 16.5 Å². The van der Waals surface area contributed by atoms with Gasteiger partial charge in [-0.1, -0.05) is 36.4 Å². The second-order valence-corrected chi connectivity index (χ2v) is 8.40. The van der Waals surface area contributed by atoms with E-state index in [4.69, 9.17) is 9.47 Å². The summed E-state index contributed by atoms with van der Waals surface area (Å²) >= 11 is 0. The van der Waals surface area contributed by atoms with Crippen molar-refractivity contribution in [3.05, 3.63) is 72.6 Å². The van der Waals surface area contributed by atoms with E-state index >= 15 is 0 Å². The van der Waals surface area contributed by atoms with Crippen LogP contribution in [-0.4, -0.2) is 59.2 Å². The fraction of sp³-hybridized carbons (Fsp3) is 0.308. The van der Waals surface area contributed by atoms with Crippen molar-refractivity contribution in [3.8, 4) is 5.75 Å². The van der Waals surface area contributed by atoms with E-state index in [1.165, 1.54) is 12.4 Å². The number of nitrogens with zero attached hydrogens (tertiary/aromatic N) is 3. The monoisotopic (exact) mass is 475 g/mol. The van der Waals surface area contributed by atoms with Crippen LogP contribution in [-0.2, 0) is 14.3 Å². The van der Waals surface area contributed by atoms with Gasteiger partial charge in [0, 0.05) is 30.6 Å². The quantitative estimate of drug-likeness (QED) is 0.276. The van der Waals surface area contributed by atoms with Crippen molar-refractivity contribution in [2.75, 3.05) is 31.7 Å². The van der Waals surface area contributed by atoms with Crippen molar-refractivity contribution in [2.45, 2.75) is 26.0 Å². The molecule has 3 aromatic rings. The second-order valence-electron chi connectivity index (χ2n) is 8.40. The first kappa shape index (κ1) is 24.2. The number of hydrogen-bond donors (Lipinski definition) is 2. The number of ether oxygens (including phenoxy) is 2. The summed E-state index contributed by atoms with van der Waals surface area (Å²) in [6.45, 7) is 5.30. The summed E-state index contributed by atoms with van der Waals surface area (Å²) in [4.78, 5) is 34.3. The molecule has 9 heteroatoms. The summed E-state index contributed by atoms with van der Waals surface area (Å²) < 4.78 is 10.8. The van der Waals surface area contributed by atoms with Gasteiger partial charge < -0.3 is 20.1 Å². The molecule has 0 saturated carbocycles. The van der Waals surface area contributed by atoms with E-state index in [1.54, 1.807) is 12.1 Å². The molecule has 1 amide bonds. The maximum absolute atomic E-state index is 12.1. The molecular weight excluding hydrogens is 446 g/mol. The van der Waals surface area contributed by atoms with Crippen LogP contribution >= 0.6 is 0 Å². The van der Waals surface area contributed by atoms with Crippen LogP contribution < -0.4 is 15.4 Å². The standard InChI is InChI=1S/C26H29N5O4/c1-18-14-31(15-25(33)35-18)12-6-9-24(32)29-17-34-21-10-11-23-22(13-21)26(28-16-27-23)30-19(2)20-7-4-3-5-8-20/h3-11,13,16,18-19H,12,14-15,17H2,1-2H3,(H,29,32)(H,27,28,30)/b9-6+/t18-,19-/m1/s1. The highest BCUT2D eigenvalue weighted by molar-refractivity contribution is 5.90. The maximum atomic E-state index is 12.1. The molecule has 0 aliphatic carbocycles. The fourth-order valence-corrected chi connectivity index (χ4v) is 3.88. The van der Waals surface area contributed by atoms with Crippen LogP contribution in [0.25, 0.3) is 10.9 Å². The molecule has 9 nitrogen and oxygen atoms in total. The fourth-order valence-electron chi connectivity index (χ4n) is 3.88. The Labute approximate surface area is 204 Å². The van der Waals surface area contributed by atoms with Crippen LogP contribution in [0.15, 0.2) is 67.0 Å². The van der Waals surface area contributed by atoms with Crippen LogP contribution in [0.1, 0.15) is 25.5 Å². The number of fused-ring (bicyclic) bond motifs is 1. The molecule has 2 N–H and O–H groups in total. The summed E-state index contributed by atoms with van der Waals surface area (Å²) in [5.74, 6) is 0.775. The Morgan fingerprint density at radius 2 is 2.09 bits per heavy atom. The number of morpholine rings is 1. The average molecular weight is 476 g/mol. The molecule has 0 spiro atoms. The number of esters is 1. The van der Waals surface area contributed by atoms with E-state index in [2.05, 4.69) is 39.7 Å². The van der Waals surface area contributed by atoms with Crippen LogP contribution in [0.4, 0.5) is 5.82 Å². The number of rotatable bonds is 9. The lowest BCUT2D eigenvalue weighted by molar-refractivity contribution is -0.156. The summed E-state index contributed by atoms with van der Waals surface area (Å²) in [7, 11) is 0. The number of aromatic nitrogens is 2. The Kier molecular flexibility index (Phi) is 7.89. The zero-order valence-electron chi connectivity index (χ0n) is 19.8. The van der Waals surface area contributed by atoms with Gasteiger partial charge >= 0.3 is 5.97 Å². The van der Waals surface area contributed by atoms with Crippen molar-refractivity contribution in [1.29, 1.82) is 0 Å². The molecule has 1 aliphatic rings. The lowest BCUT2D eigenvalue weighted by atomic mass is 10.1. The van der Waals surface area contributed by atoms with Gasteiger partial charge in [-0.2, -0.15) is 0 Å². The molecule has 4 rings (SSSR count). The highest BCUT2D eigenvalue weighted by Crippen LogP contribution is 2.27. The van der Waals surface area contributed by atoms with Gasteiger partial charge in [0.25, 0.3) is 0 Å². The Morgan fingerprint density at radius 3 is 2.89 bits per heavy atom. The van der Waals surface area contributed by atoms with Crippen molar-refractivity contribution >= 4 is 28.6 Å². The zero-order chi connectivity index (χ0) is 24.6. The summed E-state index contributed by atoms with van der Waals surface area (Å²) in [5, 5.41) is 6.96. The van der Waals surface area contributed by atoms with Crippen LogP contribution in [0.5, 0.6) is 5.75 Å². The molecular formula is C26H29N5O4. The summed E-state index contributed by atoms with van der Waals surface area (Å²) in [6.07, 6.45) is 4.55. The number of carbonyl (C=O) groups is 2. The number of nitrogens with one attached hydrogen (secondary N) is 2. The smallest absolute Gasteiger partial charge is 0.320 e. The third-order valence-corrected chi connectivity index (χ3v) is 5.58. The van der Waals surface area contributed by atoms with Crippen LogP contribution in [0.3, 0.4) is 0 Å². The predicted molar refractivity (Wildman–Crippen MR) is 133 cm³/mol. The topological polar surface area (TPSA) is 106 Å². The Morgan fingerprint density at radius 1 is 1.26 bits per heavy atom. The molecule has 1 fully saturated rings. The molecule has 0 bridgehead atoms. The Hall–Kier alpha value is -3.98. The van der Waals surface area contributed by atoms with Gasteiger partial charge in [0.1, 0.15) is 24.0 Å². The molecule has 0 radical (unpaired) electrons. The minimum atomic E-state index is -0.277. The summed E-state index contributed by atoms with van der Waals surface area (Å²) in [6, 6.07) is 15.7. The van der Waals surface area contributed by atoms with Gasteiger partial charge in [0.2, 0.25) is 5.91 Å². The molecule has 0 unspecified atom stereocenters.